The first-order valence-corrected chi connectivity index (χ1v) is 9.37. The van der Waals surface area contributed by atoms with Gasteiger partial charge in [0.15, 0.2) is 0 Å². The fourth-order valence-corrected chi connectivity index (χ4v) is 4.89. The molecule has 5 heteroatoms. The minimum Gasteiger partial charge on any atom is -0.317 e. The first-order chi connectivity index (χ1) is 9.09. The molecule has 0 radical (unpaired) electrons. The van der Waals surface area contributed by atoms with Gasteiger partial charge in [-0.3, -0.25) is 0 Å². The highest BCUT2D eigenvalue weighted by Gasteiger charge is 2.28. The topological polar surface area (TPSA) is 49.4 Å². The van der Waals surface area contributed by atoms with Crippen LogP contribution in [0.2, 0.25) is 0 Å². The van der Waals surface area contributed by atoms with Crippen LogP contribution in [0.1, 0.15) is 51.4 Å². The highest BCUT2D eigenvalue weighted by Crippen LogP contribution is 2.25. The molecule has 4 nitrogen and oxygen atoms in total. The van der Waals surface area contributed by atoms with Crippen LogP contribution < -0.4 is 5.32 Å². The van der Waals surface area contributed by atoms with Crippen molar-refractivity contribution in [3.63, 3.8) is 0 Å². The molecule has 2 fully saturated rings. The molecular formula is C14H28N2O2S. The van der Waals surface area contributed by atoms with Gasteiger partial charge in [-0.25, -0.2) is 12.7 Å². The zero-order valence-electron chi connectivity index (χ0n) is 12.1. The summed E-state index contributed by atoms with van der Waals surface area (Å²) in [6.07, 6.45) is 8.80. The lowest BCUT2D eigenvalue weighted by Gasteiger charge is -2.31. The van der Waals surface area contributed by atoms with Gasteiger partial charge >= 0.3 is 0 Å². The van der Waals surface area contributed by atoms with E-state index in [-0.39, 0.29) is 6.04 Å². The molecule has 0 aromatic carbocycles. The van der Waals surface area contributed by atoms with Gasteiger partial charge in [-0.15, -0.1) is 0 Å². The maximum Gasteiger partial charge on any atom is 0.214 e. The summed E-state index contributed by atoms with van der Waals surface area (Å²) in [5.41, 5.74) is 0. The van der Waals surface area contributed by atoms with E-state index in [4.69, 9.17) is 0 Å². The van der Waals surface area contributed by atoms with E-state index in [0.29, 0.717) is 11.7 Å². The molecule has 1 saturated heterocycles. The van der Waals surface area contributed by atoms with E-state index < -0.39 is 10.0 Å². The maximum absolute atomic E-state index is 12.4. The van der Waals surface area contributed by atoms with Crippen molar-refractivity contribution in [1.29, 1.82) is 0 Å². The highest BCUT2D eigenvalue weighted by molar-refractivity contribution is 7.89. The number of hydrogen-bond acceptors (Lipinski definition) is 3. The molecule has 0 bridgehead atoms. The van der Waals surface area contributed by atoms with Crippen LogP contribution >= 0.6 is 0 Å². The van der Waals surface area contributed by atoms with Gasteiger partial charge in [-0.2, -0.15) is 0 Å². The summed E-state index contributed by atoms with van der Waals surface area (Å²) < 4.78 is 26.4. The van der Waals surface area contributed by atoms with Crippen molar-refractivity contribution in [1.82, 2.24) is 9.62 Å². The molecule has 19 heavy (non-hydrogen) atoms. The SMILES string of the molecule is CN(C1CCCCC1)S(=O)(=O)CCC1CCNCC1. The Morgan fingerprint density at radius 3 is 2.32 bits per heavy atom. The summed E-state index contributed by atoms with van der Waals surface area (Å²) in [5.74, 6) is 0.931. The van der Waals surface area contributed by atoms with Crippen LogP contribution in [-0.2, 0) is 10.0 Å². The Bertz CT molecular complexity index is 358. The number of nitrogens with zero attached hydrogens (tertiary/aromatic N) is 1. The lowest BCUT2D eigenvalue weighted by molar-refractivity contribution is 0.284. The van der Waals surface area contributed by atoms with Gasteiger partial charge in [0.2, 0.25) is 10.0 Å². The summed E-state index contributed by atoms with van der Waals surface area (Å²) in [6, 6.07) is 0.256. The molecule has 112 valence electrons. The molecule has 1 aliphatic heterocycles. The predicted molar refractivity (Wildman–Crippen MR) is 78.6 cm³/mol. The van der Waals surface area contributed by atoms with Crippen molar-refractivity contribution in [3.05, 3.63) is 0 Å². The smallest absolute Gasteiger partial charge is 0.214 e. The molecule has 2 aliphatic rings. The predicted octanol–water partition coefficient (Wildman–Crippen LogP) is 1.97. The van der Waals surface area contributed by atoms with Gasteiger partial charge in [0.25, 0.3) is 0 Å². The molecule has 0 amide bonds. The largest absolute Gasteiger partial charge is 0.317 e. The third-order valence-corrected chi connectivity index (χ3v) is 6.70. The van der Waals surface area contributed by atoms with Gasteiger partial charge in [0.1, 0.15) is 0 Å². The molecule has 1 aliphatic carbocycles. The van der Waals surface area contributed by atoms with E-state index in [1.165, 1.54) is 19.3 Å². The normalized spacial score (nSPS) is 23.9. The lowest BCUT2D eigenvalue weighted by Crippen LogP contribution is -2.40. The number of piperidine rings is 1. The average molecular weight is 288 g/mol. The van der Waals surface area contributed by atoms with Crippen molar-refractivity contribution in [2.45, 2.75) is 57.4 Å². The fourth-order valence-electron chi connectivity index (χ4n) is 3.30. The van der Waals surface area contributed by atoms with E-state index in [1.807, 2.05) is 0 Å². The molecule has 0 aromatic heterocycles. The molecule has 0 atom stereocenters. The summed E-state index contributed by atoms with van der Waals surface area (Å²) in [6.45, 7) is 2.09. The summed E-state index contributed by atoms with van der Waals surface area (Å²) in [5, 5.41) is 3.33. The molecule has 0 spiro atoms. The minimum atomic E-state index is -3.05. The van der Waals surface area contributed by atoms with Crippen molar-refractivity contribution >= 4 is 10.0 Å². The number of nitrogens with one attached hydrogen (secondary N) is 1. The quantitative estimate of drug-likeness (QED) is 0.841. The van der Waals surface area contributed by atoms with Crippen LogP contribution in [0, 0.1) is 5.92 Å². The Morgan fingerprint density at radius 1 is 1.05 bits per heavy atom. The van der Waals surface area contributed by atoms with Crippen molar-refractivity contribution in [2.75, 3.05) is 25.9 Å². The van der Waals surface area contributed by atoms with Gasteiger partial charge in [0.05, 0.1) is 5.75 Å². The first kappa shape index (κ1) is 15.3. The molecule has 1 N–H and O–H groups in total. The Kier molecular flexibility index (Phi) is 5.66. The first-order valence-electron chi connectivity index (χ1n) is 7.76. The van der Waals surface area contributed by atoms with Crippen LogP contribution in [0.3, 0.4) is 0 Å². The van der Waals surface area contributed by atoms with E-state index in [0.717, 1.165) is 45.2 Å². The van der Waals surface area contributed by atoms with E-state index in [2.05, 4.69) is 5.32 Å². The lowest BCUT2D eigenvalue weighted by atomic mass is 9.96. The second kappa shape index (κ2) is 7.04. The Hall–Kier alpha value is -0.130. The fraction of sp³-hybridized carbons (Fsp3) is 1.00. The van der Waals surface area contributed by atoms with Crippen LogP contribution in [0.15, 0.2) is 0 Å². The number of hydrogen-bond donors (Lipinski definition) is 1. The van der Waals surface area contributed by atoms with Crippen LogP contribution in [0.4, 0.5) is 0 Å². The average Bonchev–Trinajstić information content (AvgIpc) is 2.46. The summed E-state index contributed by atoms with van der Waals surface area (Å²) in [7, 11) is -1.26. The zero-order valence-corrected chi connectivity index (χ0v) is 12.9. The van der Waals surface area contributed by atoms with Gasteiger partial charge in [-0.05, 0) is 51.1 Å². The Morgan fingerprint density at radius 2 is 1.68 bits per heavy atom. The van der Waals surface area contributed by atoms with E-state index in [1.54, 1.807) is 11.4 Å². The van der Waals surface area contributed by atoms with Crippen molar-refractivity contribution < 1.29 is 8.42 Å². The second-order valence-electron chi connectivity index (χ2n) is 6.11. The Balaban J connectivity index is 1.82. The van der Waals surface area contributed by atoms with Crippen LogP contribution in [0.25, 0.3) is 0 Å². The second-order valence-corrected chi connectivity index (χ2v) is 8.25. The minimum absolute atomic E-state index is 0.256. The summed E-state index contributed by atoms with van der Waals surface area (Å²) >= 11 is 0. The molecule has 2 rings (SSSR count). The van der Waals surface area contributed by atoms with Gasteiger partial charge < -0.3 is 5.32 Å². The zero-order chi connectivity index (χ0) is 13.7. The standard InChI is InChI=1S/C14H28N2O2S/c1-16(14-5-3-2-4-6-14)19(17,18)12-9-13-7-10-15-11-8-13/h13-15H,2-12H2,1H3. The van der Waals surface area contributed by atoms with Crippen LogP contribution in [0.5, 0.6) is 0 Å². The van der Waals surface area contributed by atoms with Crippen LogP contribution in [-0.4, -0.2) is 44.7 Å². The van der Waals surface area contributed by atoms with E-state index >= 15 is 0 Å². The van der Waals surface area contributed by atoms with Gasteiger partial charge in [-0.1, -0.05) is 19.3 Å². The van der Waals surface area contributed by atoms with Gasteiger partial charge in [0, 0.05) is 13.1 Å². The summed E-state index contributed by atoms with van der Waals surface area (Å²) in [4.78, 5) is 0. The van der Waals surface area contributed by atoms with Crippen molar-refractivity contribution in [2.24, 2.45) is 5.92 Å². The molecule has 1 heterocycles. The molecule has 0 aromatic rings. The molecule has 0 unspecified atom stereocenters. The van der Waals surface area contributed by atoms with Crippen molar-refractivity contribution in [3.8, 4) is 0 Å². The molecular weight excluding hydrogens is 260 g/mol. The third kappa shape index (κ3) is 4.43. The Labute approximate surface area is 118 Å². The number of sulfonamides is 1. The highest BCUT2D eigenvalue weighted by atomic mass is 32.2. The third-order valence-electron chi connectivity index (χ3n) is 4.77. The maximum atomic E-state index is 12.4. The monoisotopic (exact) mass is 288 g/mol. The number of rotatable bonds is 5. The van der Waals surface area contributed by atoms with E-state index in [9.17, 15) is 8.42 Å². The molecule has 1 saturated carbocycles.